The van der Waals surface area contributed by atoms with Crippen LogP contribution in [0.4, 0.5) is 0 Å². The van der Waals surface area contributed by atoms with Crippen molar-refractivity contribution in [2.75, 3.05) is 27.3 Å². The van der Waals surface area contributed by atoms with E-state index in [1.54, 1.807) is 0 Å². The molecule has 0 aliphatic rings. The number of ether oxygens (including phenoxy) is 2. The number of esters is 2. The lowest BCUT2D eigenvalue weighted by Crippen LogP contribution is -2.32. The van der Waals surface area contributed by atoms with Gasteiger partial charge in [-0.05, 0) is 12.5 Å². The Hall–Kier alpha value is -1.88. The summed E-state index contributed by atoms with van der Waals surface area (Å²) in [6.45, 7) is 3.14. The SMILES string of the molecule is COC(=O)CCN(CCC(=O)OC)[C@@H](C)c1ccccc1. The van der Waals surface area contributed by atoms with Gasteiger partial charge in [-0.15, -0.1) is 0 Å². The highest BCUT2D eigenvalue weighted by atomic mass is 16.5. The largest absolute Gasteiger partial charge is 0.469 e. The maximum Gasteiger partial charge on any atom is 0.306 e. The van der Waals surface area contributed by atoms with Crippen molar-refractivity contribution in [3.05, 3.63) is 35.9 Å². The van der Waals surface area contributed by atoms with E-state index in [2.05, 4.69) is 21.3 Å². The number of carbonyl (C=O) groups is 2. The van der Waals surface area contributed by atoms with Gasteiger partial charge in [-0.25, -0.2) is 0 Å². The number of nitrogens with zero attached hydrogens (tertiary/aromatic N) is 1. The highest BCUT2D eigenvalue weighted by molar-refractivity contribution is 5.70. The van der Waals surface area contributed by atoms with Gasteiger partial charge in [0, 0.05) is 19.1 Å². The molecule has 0 unspecified atom stereocenters. The molecule has 0 N–H and O–H groups in total. The molecule has 0 fully saturated rings. The fourth-order valence-corrected chi connectivity index (χ4v) is 2.12. The molecule has 1 rings (SSSR count). The van der Waals surface area contributed by atoms with E-state index in [1.165, 1.54) is 14.2 Å². The van der Waals surface area contributed by atoms with E-state index in [0.29, 0.717) is 25.9 Å². The van der Waals surface area contributed by atoms with Gasteiger partial charge in [-0.1, -0.05) is 30.3 Å². The molecule has 0 saturated heterocycles. The van der Waals surface area contributed by atoms with Gasteiger partial charge in [0.05, 0.1) is 27.1 Å². The zero-order valence-electron chi connectivity index (χ0n) is 12.9. The molecule has 0 bridgehead atoms. The summed E-state index contributed by atoms with van der Waals surface area (Å²) in [4.78, 5) is 24.7. The van der Waals surface area contributed by atoms with Crippen LogP contribution in [0.2, 0.25) is 0 Å². The Bertz CT molecular complexity index is 427. The lowest BCUT2D eigenvalue weighted by atomic mass is 10.1. The van der Waals surface area contributed by atoms with Gasteiger partial charge in [0.15, 0.2) is 0 Å². The number of hydrogen-bond donors (Lipinski definition) is 0. The van der Waals surface area contributed by atoms with Crippen LogP contribution < -0.4 is 0 Å². The number of methoxy groups -OCH3 is 2. The fourth-order valence-electron chi connectivity index (χ4n) is 2.12. The minimum absolute atomic E-state index is 0.112. The second-order valence-corrected chi connectivity index (χ2v) is 4.77. The third-order valence-corrected chi connectivity index (χ3v) is 3.49. The summed E-state index contributed by atoms with van der Waals surface area (Å²) in [5, 5.41) is 0. The molecule has 0 spiro atoms. The number of hydrogen-bond acceptors (Lipinski definition) is 5. The van der Waals surface area contributed by atoms with Crippen LogP contribution in [0.15, 0.2) is 30.3 Å². The summed E-state index contributed by atoms with van der Waals surface area (Å²) in [5.41, 5.74) is 1.15. The van der Waals surface area contributed by atoms with Gasteiger partial charge in [0.2, 0.25) is 0 Å². The van der Waals surface area contributed by atoms with E-state index < -0.39 is 0 Å². The maximum absolute atomic E-state index is 11.3. The molecule has 116 valence electrons. The lowest BCUT2D eigenvalue weighted by molar-refractivity contribution is -0.141. The van der Waals surface area contributed by atoms with Gasteiger partial charge >= 0.3 is 11.9 Å². The van der Waals surface area contributed by atoms with Gasteiger partial charge in [-0.2, -0.15) is 0 Å². The first-order valence-electron chi connectivity index (χ1n) is 7.01. The molecule has 0 heterocycles. The summed E-state index contributed by atoms with van der Waals surface area (Å²) < 4.78 is 9.35. The van der Waals surface area contributed by atoms with Crippen molar-refractivity contribution in [3.8, 4) is 0 Å². The first-order valence-corrected chi connectivity index (χ1v) is 7.01. The van der Waals surface area contributed by atoms with E-state index >= 15 is 0 Å². The first-order chi connectivity index (χ1) is 10.1. The zero-order valence-corrected chi connectivity index (χ0v) is 12.9. The normalized spacial score (nSPS) is 12.0. The van der Waals surface area contributed by atoms with Crippen LogP contribution in [0.1, 0.15) is 31.4 Å². The predicted molar refractivity (Wildman–Crippen MR) is 79.7 cm³/mol. The smallest absolute Gasteiger partial charge is 0.306 e. The predicted octanol–water partition coefficient (Wildman–Crippen LogP) is 2.18. The lowest BCUT2D eigenvalue weighted by Gasteiger charge is -2.28. The van der Waals surface area contributed by atoms with Crippen LogP contribution >= 0.6 is 0 Å². The van der Waals surface area contributed by atoms with Crippen LogP contribution in [0.3, 0.4) is 0 Å². The third kappa shape index (κ3) is 5.95. The Kier molecular flexibility index (Phi) is 7.46. The van der Waals surface area contributed by atoms with Crippen molar-refractivity contribution in [3.63, 3.8) is 0 Å². The number of carbonyl (C=O) groups excluding carboxylic acids is 2. The Balaban J connectivity index is 2.69. The Morgan fingerprint density at radius 3 is 1.90 bits per heavy atom. The Labute approximate surface area is 125 Å². The molecule has 1 aromatic rings. The highest BCUT2D eigenvalue weighted by Crippen LogP contribution is 2.20. The summed E-state index contributed by atoms with van der Waals surface area (Å²) >= 11 is 0. The van der Waals surface area contributed by atoms with Crippen LogP contribution in [-0.4, -0.2) is 44.1 Å². The Morgan fingerprint density at radius 1 is 1.00 bits per heavy atom. The Morgan fingerprint density at radius 2 is 1.48 bits per heavy atom. The molecular weight excluding hydrogens is 270 g/mol. The quantitative estimate of drug-likeness (QED) is 0.688. The van der Waals surface area contributed by atoms with Crippen LogP contribution in [0.5, 0.6) is 0 Å². The van der Waals surface area contributed by atoms with Crippen LogP contribution in [-0.2, 0) is 19.1 Å². The summed E-state index contributed by atoms with van der Waals surface area (Å²) in [6.07, 6.45) is 0.601. The van der Waals surface area contributed by atoms with Gasteiger partial charge < -0.3 is 9.47 Å². The molecule has 21 heavy (non-hydrogen) atoms. The molecule has 0 amide bonds. The van der Waals surface area contributed by atoms with Crippen molar-refractivity contribution in [1.29, 1.82) is 0 Å². The van der Waals surface area contributed by atoms with Gasteiger partial charge in [0.1, 0.15) is 0 Å². The molecule has 0 radical (unpaired) electrons. The van der Waals surface area contributed by atoms with Crippen molar-refractivity contribution in [1.82, 2.24) is 4.90 Å². The maximum atomic E-state index is 11.3. The zero-order chi connectivity index (χ0) is 15.7. The van der Waals surface area contributed by atoms with Gasteiger partial charge in [-0.3, -0.25) is 14.5 Å². The van der Waals surface area contributed by atoms with Crippen molar-refractivity contribution < 1.29 is 19.1 Å². The summed E-state index contributed by atoms with van der Waals surface area (Å²) in [6, 6.07) is 10.1. The number of rotatable bonds is 8. The molecule has 0 aliphatic carbocycles. The molecule has 5 nitrogen and oxygen atoms in total. The molecule has 0 aromatic heterocycles. The molecule has 0 saturated carbocycles. The minimum atomic E-state index is -0.252. The summed E-state index contributed by atoms with van der Waals surface area (Å²) in [7, 11) is 2.75. The highest BCUT2D eigenvalue weighted by Gasteiger charge is 2.18. The average molecular weight is 293 g/mol. The third-order valence-electron chi connectivity index (χ3n) is 3.49. The molecule has 1 aromatic carbocycles. The van der Waals surface area contributed by atoms with E-state index in [4.69, 9.17) is 0 Å². The monoisotopic (exact) mass is 293 g/mol. The summed E-state index contributed by atoms with van der Waals surface area (Å²) in [5.74, 6) is -0.503. The van der Waals surface area contributed by atoms with Crippen molar-refractivity contribution >= 4 is 11.9 Å². The molecule has 1 atom stereocenters. The van der Waals surface area contributed by atoms with E-state index in [9.17, 15) is 9.59 Å². The topological polar surface area (TPSA) is 55.8 Å². The second-order valence-electron chi connectivity index (χ2n) is 4.77. The van der Waals surface area contributed by atoms with Crippen molar-refractivity contribution in [2.45, 2.75) is 25.8 Å². The second kappa shape index (κ2) is 9.13. The molecular formula is C16H23NO4. The first kappa shape index (κ1) is 17.2. The van der Waals surface area contributed by atoms with E-state index in [0.717, 1.165) is 5.56 Å². The molecule has 0 aliphatic heterocycles. The average Bonchev–Trinajstić information content (AvgIpc) is 2.54. The van der Waals surface area contributed by atoms with E-state index in [1.807, 2.05) is 30.3 Å². The van der Waals surface area contributed by atoms with Crippen LogP contribution in [0, 0.1) is 0 Å². The number of benzene rings is 1. The molecule has 5 heteroatoms. The fraction of sp³-hybridized carbons (Fsp3) is 0.500. The standard InChI is InChI=1S/C16H23NO4/c1-13(14-7-5-4-6-8-14)17(11-9-15(18)20-2)12-10-16(19)21-3/h4-8,13H,9-12H2,1-3H3/t13-/m0/s1. The van der Waals surface area contributed by atoms with E-state index in [-0.39, 0.29) is 18.0 Å². The van der Waals surface area contributed by atoms with Gasteiger partial charge in [0.25, 0.3) is 0 Å². The minimum Gasteiger partial charge on any atom is -0.469 e. The van der Waals surface area contributed by atoms with Crippen LogP contribution in [0.25, 0.3) is 0 Å². The van der Waals surface area contributed by atoms with Crippen molar-refractivity contribution in [2.24, 2.45) is 0 Å².